The highest BCUT2D eigenvalue weighted by Crippen LogP contribution is 2.41. The third-order valence-electron chi connectivity index (χ3n) is 6.10. The Morgan fingerprint density at radius 2 is 2.12 bits per heavy atom. The van der Waals surface area contributed by atoms with Crippen LogP contribution in [0.1, 0.15) is 52.3 Å². The Kier molecular flexibility index (Phi) is 6.68. The number of hydrogen-bond donors (Lipinski definition) is 3. The van der Waals surface area contributed by atoms with Crippen LogP contribution < -0.4 is 16.4 Å². The molecule has 0 saturated carbocycles. The summed E-state index contributed by atoms with van der Waals surface area (Å²) in [5, 5.41) is 6.44. The van der Waals surface area contributed by atoms with Gasteiger partial charge in [-0.1, -0.05) is 13.8 Å². The van der Waals surface area contributed by atoms with Gasteiger partial charge in [0.2, 0.25) is 5.91 Å². The Bertz CT molecular complexity index is 1130. The maximum Gasteiger partial charge on any atom is 0.261 e. The minimum Gasteiger partial charge on any atom is -0.369 e. The lowest BCUT2D eigenvalue weighted by molar-refractivity contribution is -0.123. The second-order valence-corrected chi connectivity index (χ2v) is 11.6. The number of nitrogens with one attached hydrogen (secondary N) is 2. The van der Waals surface area contributed by atoms with Crippen LogP contribution in [0.2, 0.25) is 0 Å². The fourth-order valence-electron chi connectivity index (χ4n) is 4.34. The summed E-state index contributed by atoms with van der Waals surface area (Å²) in [5.74, 6) is -1.77. The lowest BCUT2D eigenvalue weighted by Gasteiger charge is -2.32. The van der Waals surface area contributed by atoms with Gasteiger partial charge in [0.1, 0.15) is 10.8 Å². The molecule has 2 aliphatic heterocycles. The number of nitrogens with zero attached hydrogens (tertiary/aromatic N) is 1. The first-order valence-electron chi connectivity index (χ1n) is 10.8. The summed E-state index contributed by atoms with van der Waals surface area (Å²) in [5.41, 5.74) is 6.52. The minimum absolute atomic E-state index is 0.231. The van der Waals surface area contributed by atoms with Crippen LogP contribution in [0.3, 0.4) is 0 Å². The molecule has 4 N–H and O–H groups in total. The zero-order chi connectivity index (χ0) is 23.9. The molecule has 1 saturated heterocycles. The van der Waals surface area contributed by atoms with Gasteiger partial charge in [-0.15, -0.1) is 11.3 Å². The van der Waals surface area contributed by atoms with Crippen LogP contribution in [0.4, 0.5) is 15.1 Å². The first-order valence-corrected chi connectivity index (χ1v) is 12.7. The Balaban J connectivity index is 1.79. The van der Waals surface area contributed by atoms with Crippen molar-refractivity contribution in [1.29, 1.82) is 0 Å². The van der Waals surface area contributed by atoms with Crippen molar-refractivity contribution in [3.05, 3.63) is 43.6 Å². The quantitative estimate of drug-likeness (QED) is 0.475. The number of carbonyl (C=O) groups is 3. The molecule has 10 heteroatoms. The van der Waals surface area contributed by atoms with Gasteiger partial charge in [0, 0.05) is 23.2 Å². The van der Waals surface area contributed by atoms with Crippen LogP contribution in [0.25, 0.3) is 0 Å². The molecule has 1 unspecified atom stereocenters. The summed E-state index contributed by atoms with van der Waals surface area (Å²) in [4.78, 5) is 40.5. The first kappa shape index (κ1) is 23.9. The van der Waals surface area contributed by atoms with Crippen molar-refractivity contribution in [2.45, 2.75) is 33.1 Å². The topological polar surface area (TPSA) is 105 Å². The van der Waals surface area contributed by atoms with Gasteiger partial charge in [0.25, 0.3) is 11.8 Å². The Morgan fingerprint density at radius 3 is 2.82 bits per heavy atom. The van der Waals surface area contributed by atoms with Crippen molar-refractivity contribution in [3.63, 3.8) is 0 Å². The lowest BCUT2D eigenvalue weighted by atomic mass is 9.85. The van der Waals surface area contributed by atoms with E-state index in [-0.39, 0.29) is 29.5 Å². The average Bonchev–Trinajstić information content (AvgIpc) is 3.05. The van der Waals surface area contributed by atoms with E-state index in [1.165, 1.54) is 6.07 Å². The fraction of sp³-hybridized carbons (Fsp3) is 0.435. The molecule has 1 atom stereocenters. The molecule has 0 spiro atoms. The normalized spacial score (nSPS) is 19.9. The highest BCUT2D eigenvalue weighted by molar-refractivity contribution is 14.1. The van der Waals surface area contributed by atoms with Gasteiger partial charge in [-0.05, 0) is 71.0 Å². The third kappa shape index (κ3) is 5.01. The zero-order valence-electron chi connectivity index (χ0n) is 18.5. The maximum atomic E-state index is 14.6. The van der Waals surface area contributed by atoms with Crippen molar-refractivity contribution in [1.82, 2.24) is 10.2 Å². The van der Waals surface area contributed by atoms with E-state index >= 15 is 0 Å². The number of carbonyl (C=O) groups excluding carboxylic acids is 3. The van der Waals surface area contributed by atoms with Gasteiger partial charge < -0.3 is 21.3 Å². The van der Waals surface area contributed by atoms with Gasteiger partial charge in [0.05, 0.1) is 22.0 Å². The molecule has 0 aliphatic carbocycles. The van der Waals surface area contributed by atoms with Crippen molar-refractivity contribution < 1.29 is 18.8 Å². The summed E-state index contributed by atoms with van der Waals surface area (Å²) >= 11 is 3.19. The number of primary amides is 1. The van der Waals surface area contributed by atoms with Crippen LogP contribution >= 0.6 is 33.9 Å². The van der Waals surface area contributed by atoms with E-state index in [0.717, 1.165) is 14.9 Å². The van der Waals surface area contributed by atoms with Crippen molar-refractivity contribution in [2.75, 3.05) is 25.0 Å². The molecule has 2 aliphatic rings. The van der Waals surface area contributed by atoms with Crippen molar-refractivity contribution >= 4 is 62.3 Å². The summed E-state index contributed by atoms with van der Waals surface area (Å²) in [6, 6.07) is 4.79. The number of thiophene rings is 1. The number of nitrogens with two attached hydrogens (primary N) is 1. The predicted molar refractivity (Wildman–Crippen MR) is 134 cm³/mol. The van der Waals surface area contributed by atoms with Gasteiger partial charge in [-0.2, -0.15) is 0 Å². The molecule has 3 amide bonds. The third-order valence-corrected chi connectivity index (χ3v) is 7.92. The number of amides is 3. The van der Waals surface area contributed by atoms with Crippen molar-refractivity contribution in [3.8, 4) is 0 Å². The molecule has 1 aromatic heterocycles. The lowest BCUT2D eigenvalue weighted by Crippen LogP contribution is -2.44. The Morgan fingerprint density at radius 1 is 1.36 bits per heavy atom. The molecule has 2 aromatic rings. The molecule has 0 bridgehead atoms. The molecule has 7 nitrogen and oxygen atoms in total. The Hall–Kier alpha value is -2.21. The summed E-state index contributed by atoms with van der Waals surface area (Å²) in [6.45, 7) is 5.29. The van der Waals surface area contributed by atoms with Gasteiger partial charge >= 0.3 is 0 Å². The maximum absolute atomic E-state index is 14.6. The van der Waals surface area contributed by atoms with Gasteiger partial charge in [0.15, 0.2) is 0 Å². The monoisotopic (exact) mass is 584 g/mol. The van der Waals surface area contributed by atoms with E-state index in [0.29, 0.717) is 53.4 Å². The second kappa shape index (κ2) is 9.21. The number of halogens is 2. The van der Waals surface area contributed by atoms with E-state index in [4.69, 9.17) is 5.73 Å². The van der Waals surface area contributed by atoms with Crippen LogP contribution in [-0.4, -0.2) is 42.3 Å². The van der Waals surface area contributed by atoms with E-state index in [9.17, 15) is 18.8 Å². The van der Waals surface area contributed by atoms with E-state index in [1.54, 1.807) is 17.0 Å². The van der Waals surface area contributed by atoms with Crippen molar-refractivity contribution in [2.24, 2.45) is 17.1 Å². The molecule has 4 rings (SSSR count). The number of likely N-dealkylation sites (tertiary alicyclic amines) is 1. The minimum atomic E-state index is -0.444. The number of fused-ring (bicyclic) bond motifs is 1. The molecule has 1 aromatic carbocycles. The van der Waals surface area contributed by atoms with Gasteiger partial charge in [-0.25, -0.2) is 4.39 Å². The van der Waals surface area contributed by atoms with E-state index < -0.39 is 17.6 Å². The zero-order valence-corrected chi connectivity index (χ0v) is 21.4. The van der Waals surface area contributed by atoms with Crippen LogP contribution in [0.5, 0.6) is 0 Å². The number of piperidine rings is 1. The number of anilines is 2. The molecular weight excluding hydrogens is 558 g/mol. The van der Waals surface area contributed by atoms with Crippen LogP contribution in [0.15, 0.2) is 18.2 Å². The van der Waals surface area contributed by atoms with E-state index in [2.05, 4.69) is 10.6 Å². The average molecular weight is 584 g/mol. The smallest absolute Gasteiger partial charge is 0.261 e. The molecule has 3 heterocycles. The number of hydrogen-bond acceptors (Lipinski definition) is 5. The molecular formula is C23H26FIN4O3S. The highest BCUT2D eigenvalue weighted by Gasteiger charge is 2.37. The standard InChI is InChI=1S/C23H26FIN4O3S/c1-23(2)9-14-17(22(32)29-7-3-4-12(10-29)19(26)30)21(33-18(14)20(31)27-11-23)28-16-6-5-13(25)8-15(16)24/h5-6,8,12,28H,3-4,7,9-11H2,1-2H3,(H2,26,30)(H,27,31). The molecule has 0 radical (unpaired) electrons. The molecule has 1 fully saturated rings. The number of rotatable bonds is 4. The molecule has 176 valence electrons. The summed E-state index contributed by atoms with van der Waals surface area (Å²) < 4.78 is 15.4. The predicted octanol–water partition coefficient (Wildman–Crippen LogP) is 3.89. The highest BCUT2D eigenvalue weighted by atomic mass is 127. The fourth-order valence-corrected chi connectivity index (χ4v) is 5.93. The van der Waals surface area contributed by atoms with Crippen LogP contribution in [-0.2, 0) is 11.2 Å². The SMILES string of the molecule is CC1(C)CNC(=O)c2sc(Nc3ccc(I)cc3F)c(C(=O)N3CCCC(C(N)=O)C3)c2C1. The largest absolute Gasteiger partial charge is 0.369 e. The van der Waals surface area contributed by atoms with Crippen LogP contribution in [0, 0.1) is 20.7 Å². The summed E-state index contributed by atoms with van der Waals surface area (Å²) in [6.07, 6.45) is 1.84. The number of benzene rings is 1. The second-order valence-electron chi connectivity index (χ2n) is 9.38. The Labute approximate surface area is 209 Å². The first-order chi connectivity index (χ1) is 15.6. The van der Waals surface area contributed by atoms with E-state index in [1.807, 2.05) is 36.4 Å². The van der Waals surface area contributed by atoms with Gasteiger partial charge in [-0.3, -0.25) is 14.4 Å². The molecule has 33 heavy (non-hydrogen) atoms. The summed E-state index contributed by atoms with van der Waals surface area (Å²) in [7, 11) is 0.